The van der Waals surface area contributed by atoms with Crippen LogP contribution < -0.4 is 27.7 Å². The summed E-state index contributed by atoms with van der Waals surface area (Å²) in [6.07, 6.45) is 3.07. The van der Waals surface area contributed by atoms with Gasteiger partial charge in [-0.25, -0.2) is 5.10 Å². The van der Waals surface area contributed by atoms with Crippen molar-refractivity contribution in [1.82, 2.24) is 25.7 Å². The van der Waals surface area contributed by atoms with E-state index in [2.05, 4.69) is 27.4 Å². The van der Waals surface area contributed by atoms with Crippen LogP contribution in [0.5, 0.6) is 0 Å². The Balaban J connectivity index is 1.56. The minimum Gasteiger partial charge on any atom is -0.399 e. The van der Waals surface area contributed by atoms with Gasteiger partial charge < -0.3 is 22.1 Å². The number of allylic oxidation sites excluding steroid dienone is 1. The van der Waals surface area contributed by atoms with Crippen LogP contribution in [0, 0.1) is 0 Å². The fraction of sp³-hybridized carbons (Fsp3) is 0.286. The van der Waals surface area contributed by atoms with Gasteiger partial charge in [0.25, 0.3) is 11.5 Å². The minimum absolute atomic E-state index is 0.155. The molecule has 1 fully saturated rings. The first-order valence-electron chi connectivity index (χ1n) is 12.5. The Bertz CT molecular complexity index is 1480. The van der Waals surface area contributed by atoms with Crippen molar-refractivity contribution in [3.63, 3.8) is 0 Å². The molecule has 0 spiro atoms. The van der Waals surface area contributed by atoms with E-state index < -0.39 is 0 Å². The van der Waals surface area contributed by atoms with Crippen LogP contribution in [0.2, 0.25) is 0 Å². The van der Waals surface area contributed by atoms with E-state index in [1.165, 1.54) is 4.90 Å². The van der Waals surface area contributed by atoms with E-state index in [0.717, 1.165) is 30.4 Å². The summed E-state index contributed by atoms with van der Waals surface area (Å²) >= 11 is 0. The number of fused-ring (bicyclic) bond motifs is 1. The molecule has 4 rings (SSSR count). The molecule has 0 saturated heterocycles. The second-order valence-electron chi connectivity index (χ2n) is 9.71. The topological polar surface area (TPSA) is 159 Å². The predicted octanol–water partition coefficient (Wildman–Crippen LogP) is 2.64. The number of anilines is 2. The highest BCUT2D eigenvalue weighted by molar-refractivity contribution is 6.01. The standard InChI is InChI=1S/C28H33N7O3/c1-16(2)25(19-6-4-7-20(29)13-19)35(28(38)17(3)32-21-8-5-9-21)15-24(36)31-14-18-10-11-22-23(12-18)27(37)34-33-26(22)30/h4,6-7,10-13,21,32H,3,5,8-9,14-15,29H2,1-2H3,(H2,30,33)(H,31,36)(H,34,37). The van der Waals surface area contributed by atoms with E-state index in [1.807, 2.05) is 26.0 Å². The highest BCUT2D eigenvalue weighted by Crippen LogP contribution is 2.27. The quantitative estimate of drug-likeness (QED) is 0.216. The Morgan fingerprint density at radius 2 is 1.89 bits per heavy atom. The molecule has 3 aromatic rings. The lowest BCUT2D eigenvalue weighted by molar-refractivity contribution is -0.130. The van der Waals surface area contributed by atoms with Gasteiger partial charge in [-0.3, -0.25) is 19.3 Å². The zero-order valence-electron chi connectivity index (χ0n) is 21.6. The lowest BCUT2D eigenvalue weighted by atomic mass is 9.93. The number of hydrogen-bond donors (Lipinski definition) is 5. The number of rotatable bonds is 9. The van der Waals surface area contributed by atoms with E-state index >= 15 is 0 Å². The van der Waals surface area contributed by atoms with Gasteiger partial charge in [0, 0.05) is 29.2 Å². The maximum Gasteiger partial charge on any atom is 0.274 e. The van der Waals surface area contributed by atoms with Gasteiger partial charge in [0.1, 0.15) is 6.54 Å². The van der Waals surface area contributed by atoms with Gasteiger partial charge >= 0.3 is 0 Å². The van der Waals surface area contributed by atoms with Crippen molar-refractivity contribution >= 4 is 39.8 Å². The van der Waals surface area contributed by atoms with Crippen molar-refractivity contribution in [1.29, 1.82) is 0 Å². The number of amides is 2. The molecule has 1 aliphatic carbocycles. The largest absolute Gasteiger partial charge is 0.399 e. The molecule has 10 heteroatoms. The number of nitrogen functional groups attached to an aromatic ring is 2. The Morgan fingerprint density at radius 3 is 2.55 bits per heavy atom. The smallest absolute Gasteiger partial charge is 0.274 e. The molecule has 38 heavy (non-hydrogen) atoms. The predicted molar refractivity (Wildman–Crippen MR) is 149 cm³/mol. The molecule has 10 nitrogen and oxygen atoms in total. The zero-order valence-corrected chi connectivity index (χ0v) is 21.6. The van der Waals surface area contributed by atoms with Gasteiger partial charge in [-0.1, -0.05) is 36.4 Å². The number of aromatic nitrogens is 2. The number of nitrogens with one attached hydrogen (secondary N) is 3. The fourth-order valence-corrected chi connectivity index (χ4v) is 4.42. The van der Waals surface area contributed by atoms with Crippen LogP contribution in [-0.2, 0) is 16.1 Å². The summed E-state index contributed by atoms with van der Waals surface area (Å²) in [4.78, 5) is 40.4. The summed E-state index contributed by atoms with van der Waals surface area (Å²) in [7, 11) is 0. The van der Waals surface area contributed by atoms with Crippen LogP contribution >= 0.6 is 0 Å². The summed E-state index contributed by atoms with van der Waals surface area (Å²) < 4.78 is 0. The van der Waals surface area contributed by atoms with Crippen LogP contribution in [0.25, 0.3) is 16.5 Å². The molecule has 198 valence electrons. The number of benzene rings is 2. The summed E-state index contributed by atoms with van der Waals surface area (Å²) in [5.74, 6) is -0.539. The highest BCUT2D eigenvalue weighted by atomic mass is 16.2. The van der Waals surface area contributed by atoms with E-state index in [4.69, 9.17) is 11.5 Å². The molecule has 7 N–H and O–H groups in total. The van der Waals surface area contributed by atoms with Crippen LogP contribution in [-0.4, -0.2) is 39.5 Å². The first kappa shape index (κ1) is 26.5. The normalized spacial score (nSPS) is 12.9. The average molecular weight is 516 g/mol. The molecule has 0 unspecified atom stereocenters. The van der Waals surface area contributed by atoms with Crippen LogP contribution in [0.4, 0.5) is 11.5 Å². The molecule has 0 aliphatic heterocycles. The zero-order chi connectivity index (χ0) is 27.4. The molecule has 1 heterocycles. The molecule has 1 saturated carbocycles. The Kier molecular flexibility index (Phi) is 7.80. The molecule has 0 atom stereocenters. The second-order valence-corrected chi connectivity index (χ2v) is 9.71. The highest BCUT2D eigenvalue weighted by Gasteiger charge is 2.28. The number of H-pyrrole nitrogens is 1. The summed E-state index contributed by atoms with van der Waals surface area (Å²) in [5.41, 5.74) is 15.2. The molecule has 0 bridgehead atoms. The lowest BCUT2D eigenvalue weighted by Crippen LogP contribution is -2.44. The third kappa shape index (κ3) is 5.86. The number of nitrogens with zero attached hydrogens (tertiary/aromatic N) is 2. The fourth-order valence-electron chi connectivity index (χ4n) is 4.42. The van der Waals surface area contributed by atoms with Crippen molar-refractivity contribution in [2.75, 3.05) is 18.0 Å². The van der Waals surface area contributed by atoms with Crippen molar-refractivity contribution in [3.05, 3.63) is 81.8 Å². The molecular formula is C28H33N7O3. The Labute approximate surface area is 220 Å². The molecule has 2 aromatic carbocycles. The second kappa shape index (κ2) is 11.2. The Hall–Kier alpha value is -4.60. The Morgan fingerprint density at radius 1 is 1.13 bits per heavy atom. The van der Waals surface area contributed by atoms with Crippen LogP contribution in [0.15, 0.2) is 65.1 Å². The van der Waals surface area contributed by atoms with Gasteiger partial charge in [0.15, 0.2) is 5.82 Å². The van der Waals surface area contributed by atoms with Crippen LogP contribution in [0.1, 0.15) is 44.2 Å². The first-order valence-corrected chi connectivity index (χ1v) is 12.5. The van der Waals surface area contributed by atoms with Gasteiger partial charge in [0.2, 0.25) is 5.91 Å². The number of carbonyl (C=O) groups excluding carboxylic acids is 2. The van der Waals surface area contributed by atoms with Gasteiger partial charge in [-0.05, 0) is 56.9 Å². The lowest BCUT2D eigenvalue weighted by Gasteiger charge is -2.32. The van der Waals surface area contributed by atoms with Crippen molar-refractivity contribution in [2.24, 2.45) is 0 Å². The maximum atomic E-state index is 13.6. The van der Waals surface area contributed by atoms with Crippen molar-refractivity contribution < 1.29 is 9.59 Å². The molecule has 0 radical (unpaired) electrons. The van der Waals surface area contributed by atoms with E-state index in [9.17, 15) is 14.4 Å². The molecular weight excluding hydrogens is 482 g/mol. The number of aromatic amines is 1. The van der Waals surface area contributed by atoms with Crippen molar-refractivity contribution in [2.45, 2.75) is 45.7 Å². The summed E-state index contributed by atoms with van der Waals surface area (Å²) in [6, 6.07) is 12.5. The van der Waals surface area contributed by atoms with E-state index in [1.54, 1.807) is 30.3 Å². The maximum absolute atomic E-state index is 13.6. The monoisotopic (exact) mass is 515 g/mol. The van der Waals surface area contributed by atoms with Crippen molar-refractivity contribution in [3.8, 4) is 0 Å². The molecule has 1 aromatic heterocycles. The minimum atomic E-state index is -0.383. The average Bonchev–Trinajstić information content (AvgIpc) is 2.86. The molecule has 1 aliphatic rings. The third-order valence-electron chi connectivity index (χ3n) is 6.56. The van der Waals surface area contributed by atoms with E-state index in [-0.39, 0.29) is 48.0 Å². The number of hydrogen-bond acceptors (Lipinski definition) is 7. The summed E-state index contributed by atoms with van der Waals surface area (Å²) in [5, 5.41) is 13.1. The third-order valence-corrected chi connectivity index (χ3v) is 6.56. The van der Waals surface area contributed by atoms with E-state index in [0.29, 0.717) is 27.7 Å². The van der Waals surface area contributed by atoms with Gasteiger partial charge in [0.05, 0.1) is 16.8 Å². The van der Waals surface area contributed by atoms with Gasteiger partial charge in [-0.2, -0.15) is 5.10 Å². The number of carbonyl (C=O) groups is 2. The SMILES string of the molecule is C=C(NC1CCC1)C(=O)N(CC(=O)NCc1ccc2c(N)n[nH]c(=O)c2c1)C(=C(C)C)c1cccc(N)c1. The summed E-state index contributed by atoms with van der Waals surface area (Å²) in [6.45, 7) is 7.65. The molecule has 2 amide bonds. The number of nitrogens with two attached hydrogens (primary N) is 2. The van der Waals surface area contributed by atoms with Crippen LogP contribution in [0.3, 0.4) is 0 Å². The van der Waals surface area contributed by atoms with Gasteiger partial charge in [-0.15, -0.1) is 0 Å². The first-order chi connectivity index (χ1) is 18.1.